The molecule has 0 aromatic heterocycles. The van der Waals surface area contributed by atoms with Crippen LogP contribution < -0.4 is 4.74 Å². The van der Waals surface area contributed by atoms with Gasteiger partial charge in [0, 0.05) is 17.2 Å². The third-order valence-electron chi connectivity index (χ3n) is 2.54. The maximum atomic E-state index is 10.9. The normalized spacial score (nSPS) is 9.09. The summed E-state index contributed by atoms with van der Waals surface area (Å²) in [4.78, 5) is 31.4. The highest BCUT2D eigenvalue weighted by Gasteiger charge is 2.13. The van der Waals surface area contributed by atoms with E-state index in [4.69, 9.17) is 16.7 Å². The number of Topliss-reactive ketones (excluding diaryl/α,β-unsaturated/α-hetero) is 1. The number of para-hydroxylation sites is 1. The third-order valence-corrected chi connectivity index (χ3v) is 2.62. The highest BCUT2D eigenvalue weighted by atomic mass is 35.5. The van der Waals surface area contributed by atoms with E-state index in [1.165, 1.54) is 12.1 Å². The molecule has 0 aliphatic rings. The number of carboxylic acids is 1. The van der Waals surface area contributed by atoms with Crippen LogP contribution in [0.1, 0.15) is 15.9 Å². The Morgan fingerprint density at radius 3 is 2.00 bits per heavy atom. The van der Waals surface area contributed by atoms with Gasteiger partial charge in [0.05, 0.1) is 0 Å². The first-order valence-corrected chi connectivity index (χ1v) is 6.74. The molecule has 0 spiro atoms. The standard InChI is InChI=1S/C10H8O3.C7H5ClO2/c1-2-7-3-5-8(6-4-7)9(11)10(12)13;8-7(9)10-6-4-2-1-3-5-6/h2-6H,1H2,(H,12,13);1-5H. The Bertz CT molecular complexity index is 693. The molecule has 0 amide bonds. The quantitative estimate of drug-likeness (QED) is 0.519. The van der Waals surface area contributed by atoms with Crippen LogP contribution in [0.15, 0.2) is 61.2 Å². The predicted molar refractivity (Wildman–Crippen MR) is 86.8 cm³/mol. The average molecular weight is 333 g/mol. The highest BCUT2D eigenvalue weighted by Crippen LogP contribution is 2.09. The van der Waals surface area contributed by atoms with Crippen LogP contribution in [0.2, 0.25) is 0 Å². The summed E-state index contributed by atoms with van der Waals surface area (Å²) in [6.45, 7) is 3.54. The number of carbonyl (C=O) groups is 3. The van der Waals surface area contributed by atoms with Crippen molar-refractivity contribution in [3.05, 3.63) is 72.3 Å². The molecule has 5 nitrogen and oxygen atoms in total. The zero-order valence-electron chi connectivity index (χ0n) is 11.9. The van der Waals surface area contributed by atoms with Gasteiger partial charge in [-0.1, -0.05) is 55.1 Å². The van der Waals surface area contributed by atoms with E-state index >= 15 is 0 Å². The molecule has 0 saturated carbocycles. The van der Waals surface area contributed by atoms with E-state index in [2.05, 4.69) is 11.3 Å². The van der Waals surface area contributed by atoms with Gasteiger partial charge >= 0.3 is 11.4 Å². The molecule has 118 valence electrons. The van der Waals surface area contributed by atoms with Crippen molar-refractivity contribution >= 4 is 34.9 Å². The monoisotopic (exact) mass is 332 g/mol. The van der Waals surface area contributed by atoms with Gasteiger partial charge in [-0.15, -0.1) is 0 Å². The lowest BCUT2D eigenvalue weighted by atomic mass is 10.1. The number of ketones is 1. The van der Waals surface area contributed by atoms with E-state index in [1.807, 2.05) is 6.07 Å². The molecular weight excluding hydrogens is 320 g/mol. The molecular formula is C17H13ClO5. The first-order chi connectivity index (χ1) is 10.9. The summed E-state index contributed by atoms with van der Waals surface area (Å²) >= 11 is 4.95. The number of rotatable bonds is 4. The zero-order chi connectivity index (χ0) is 17.2. The fourth-order valence-corrected chi connectivity index (χ4v) is 1.56. The Kier molecular flexibility index (Phi) is 7.23. The molecule has 0 fully saturated rings. The number of carboxylic acid groups (broad SMARTS) is 1. The van der Waals surface area contributed by atoms with Gasteiger partial charge in [-0.05, 0) is 17.7 Å². The highest BCUT2D eigenvalue weighted by molar-refractivity contribution is 6.61. The largest absolute Gasteiger partial charge is 0.475 e. The fourth-order valence-electron chi connectivity index (χ4n) is 1.48. The molecule has 23 heavy (non-hydrogen) atoms. The Hall–Kier alpha value is -2.92. The summed E-state index contributed by atoms with van der Waals surface area (Å²) in [6, 6.07) is 14.9. The molecule has 2 aromatic rings. The van der Waals surface area contributed by atoms with Gasteiger partial charge in [0.15, 0.2) is 0 Å². The predicted octanol–water partition coefficient (Wildman–Crippen LogP) is 4.02. The average Bonchev–Trinajstić information content (AvgIpc) is 2.55. The molecule has 6 heteroatoms. The van der Waals surface area contributed by atoms with Crippen molar-refractivity contribution in [2.75, 3.05) is 0 Å². The molecule has 0 saturated heterocycles. The second kappa shape index (κ2) is 9.17. The second-order valence-electron chi connectivity index (χ2n) is 4.11. The number of carbonyl (C=O) groups excluding carboxylic acids is 2. The van der Waals surface area contributed by atoms with Crippen LogP contribution in [0.3, 0.4) is 0 Å². The number of hydrogen-bond acceptors (Lipinski definition) is 4. The minimum absolute atomic E-state index is 0.179. The Morgan fingerprint density at radius 2 is 1.57 bits per heavy atom. The number of halogens is 1. The van der Waals surface area contributed by atoms with Gasteiger partial charge < -0.3 is 9.84 Å². The molecule has 0 bridgehead atoms. The molecule has 2 rings (SSSR count). The van der Waals surface area contributed by atoms with Crippen LogP contribution in [0.4, 0.5) is 4.79 Å². The van der Waals surface area contributed by atoms with Crippen LogP contribution in [-0.4, -0.2) is 22.3 Å². The third kappa shape index (κ3) is 6.58. The smallest absolute Gasteiger partial charge is 0.409 e. The summed E-state index contributed by atoms with van der Waals surface area (Å²) in [6.07, 6.45) is 1.62. The molecule has 0 atom stereocenters. The number of ether oxygens (including phenoxy) is 1. The van der Waals surface area contributed by atoms with Crippen LogP contribution in [0, 0.1) is 0 Å². The van der Waals surface area contributed by atoms with Crippen molar-refractivity contribution in [1.82, 2.24) is 0 Å². The van der Waals surface area contributed by atoms with Crippen LogP contribution in [-0.2, 0) is 4.79 Å². The summed E-state index contributed by atoms with van der Waals surface area (Å²) in [5.41, 5.74) is 0.214. The van der Waals surface area contributed by atoms with Gasteiger partial charge in [0.25, 0.3) is 5.78 Å². The molecule has 0 aliphatic heterocycles. The van der Waals surface area contributed by atoms with Gasteiger partial charge in [0.2, 0.25) is 0 Å². The maximum absolute atomic E-state index is 10.9. The van der Waals surface area contributed by atoms with Crippen molar-refractivity contribution in [2.24, 2.45) is 0 Å². The van der Waals surface area contributed by atoms with Crippen molar-refractivity contribution in [3.63, 3.8) is 0 Å². The fraction of sp³-hybridized carbons (Fsp3) is 0. The van der Waals surface area contributed by atoms with Crippen LogP contribution in [0.5, 0.6) is 5.75 Å². The number of benzene rings is 2. The van der Waals surface area contributed by atoms with E-state index in [-0.39, 0.29) is 5.56 Å². The lowest BCUT2D eigenvalue weighted by molar-refractivity contribution is -0.131. The van der Waals surface area contributed by atoms with Crippen molar-refractivity contribution in [3.8, 4) is 5.75 Å². The minimum Gasteiger partial charge on any atom is -0.475 e. The summed E-state index contributed by atoms with van der Waals surface area (Å²) < 4.78 is 4.54. The number of aliphatic carboxylic acids is 1. The Labute approximate surface area is 137 Å². The van der Waals surface area contributed by atoms with Gasteiger partial charge in [0.1, 0.15) is 5.75 Å². The van der Waals surface area contributed by atoms with E-state index in [9.17, 15) is 14.4 Å². The van der Waals surface area contributed by atoms with Gasteiger partial charge in [-0.25, -0.2) is 9.59 Å². The molecule has 0 aliphatic carbocycles. The van der Waals surface area contributed by atoms with E-state index in [0.29, 0.717) is 5.75 Å². The summed E-state index contributed by atoms with van der Waals surface area (Å²) in [5.74, 6) is -1.87. The molecule has 2 aromatic carbocycles. The first-order valence-electron chi connectivity index (χ1n) is 6.36. The maximum Gasteiger partial charge on any atom is 0.409 e. The lowest BCUT2D eigenvalue weighted by Gasteiger charge is -1.96. The van der Waals surface area contributed by atoms with E-state index < -0.39 is 17.2 Å². The van der Waals surface area contributed by atoms with Crippen molar-refractivity contribution < 1.29 is 24.2 Å². The SMILES string of the molecule is C=Cc1ccc(C(=O)C(=O)O)cc1.O=C(Cl)Oc1ccccc1. The van der Waals surface area contributed by atoms with Gasteiger partial charge in [-0.2, -0.15) is 0 Å². The molecule has 0 heterocycles. The molecule has 1 N–H and O–H groups in total. The molecule has 0 radical (unpaired) electrons. The minimum atomic E-state index is -1.44. The lowest BCUT2D eigenvalue weighted by Crippen LogP contribution is -2.12. The summed E-state index contributed by atoms with van der Waals surface area (Å²) in [7, 11) is 0. The topological polar surface area (TPSA) is 80.7 Å². The van der Waals surface area contributed by atoms with Crippen LogP contribution >= 0.6 is 11.6 Å². The Morgan fingerprint density at radius 1 is 1.00 bits per heavy atom. The van der Waals surface area contributed by atoms with E-state index in [0.717, 1.165) is 5.56 Å². The van der Waals surface area contributed by atoms with Crippen LogP contribution in [0.25, 0.3) is 6.08 Å². The Balaban J connectivity index is 0.000000238. The zero-order valence-corrected chi connectivity index (χ0v) is 12.7. The van der Waals surface area contributed by atoms with Gasteiger partial charge in [-0.3, -0.25) is 4.79 Å². The summed E-state index contributed by atoms with van der Waals surface area (Å²) in [5, 5.41) is 8.39. The van der Waals surface area contributed by atoms with Crippen molar-refractivity contribution in [2.45, 2.75) is 0 Å². The van der Waals surface area contributed by atoms with Crippen molar-refractivity contribution in [1.29, 1.82) is 0 Å². The molecule has 0 unspecified atom stereocenters. The number of hydrogen-bond donors (Lipinski definition) is 1. The second-order valence-corrected chi connectivity index (χ2v) is 4.42. The first kappa shape index (κ1) is 18.1. The van der Waals surface area contributed by atoms with E-state index in [1.54, 1.807) is 42.5 Å².